The van der Waals surface area contributed by atoms with Crippen LogP contribution >= 0.6 is 0 Å². The lowest BCUT2D eigenvalue weighted by atomic mass is 10.0. The normalized spacial score (nSPS) is 13.6. The Bertz CT molecular complexity index is 129. The molecule has 1 N–H and O–H groups in total. The molecule has 84 valence electrons. The molecule has 0 heterocycles. The van der Waals surface area contributed by atoms with Gasteiger partial charge in [-0.2, -0.15) is 0 Å². The van der Waals surface area contributed by atoms with E-state index in [9.17, 15) is 0 Å². The molecule has 0 amide bonds. The predicted molar refractivity (Wildman–Crippen MR) is 65.6 cm³/mol. The van der Waals surface area contributed by atoms with E-state index in [1.54, 1.807) is 0 Å². The van der Waals surface area contributed by atoms with E-state index in [1.807, 2.05) is 0 Å². The molecule has 0 radical (unpaired) electrons. The molecule has 0 aliphatic heterocycles. The summed E-state index contributed by atoms with van der Waals surface area (Å²) in [4.78, 5) is 0. The molecule has 0 aliphatic rings. The van der Waals surface area contributed by atoms with Crippen LogP contribution < -0.4 is 5.32 Å². The molecule has 0 aliphatic carbocycles. The fourth-order valence-corrected chi connectivity index (χ4v) is 1.54. The van der Waals surface area contributed by atoms with Crippen molar-refractivity contribution in [1.29, 1.82) is 0 Å². The lowest BCUT2D eigenvalue weighted by Gasteiger charge is -2.05. The van der Waals surface area contributed by atoms with Crippen LogP contribution in [0.4, 0.5) is 0 Å². The maximum absolute atomic E-state index is 3.40. The molecule has 1 nitrogen and oxygen atoms in total. The van der Waals surface area contributed by atoms with E-state index in [0.29, 0.717) is 0 Å². The Balaban J connectivity index is 3.18. The van der Waals surface area contributed by atoms with Gasteiger partial charge in [0.1, 0.15) is 0 Å². The molecular weight excluding hydrogens is 170 g/mol. The molecular formula is C13H27N. The van der Waals surface area contributed by atoms with E-state index in [0.717, 1.165) is 19.0 Å². The summed E-state index contributed by atoms with van der Waals surface area (Å²) < 4.78 is 0. The first-order valence-electron chi connectivity index (χ1n) is 6.16. The Morgan fingerprint density at radius 1 is 1.07 bits per heavy atom. The smallest absolute Gasteiger partial charge is 0.00143 e. The first-order valence-corrected chi connectivity index (χ1v) is 6.16. The van der Waals surface area contributed by atoms with Gasteiger partial charge in [0, 0.05) is 0 Å². The van der Waals surface area contributed by atoms with Gasteiger partial charge in [-0.25, -0.2) is 0 Å². The van der Waals surface area contributed by atoms with Crippen LogP contribution in [0.25, 0.3) is 0 Å². The van der Waals surface area contributed by atoms with E-state index in [2.05, 4.69) is 38.2 Å². The quantitative estimate of drug-likeness (QED) is 0.438. The first-order chi connectivity index (χ1) is 6.81. The van der Waals surface area contributed by atoms with Crippen molar-refractivity contribution >= 4 is 0 Å². The van der Waals surface area contributed by atoms with Crippen molar-refractivity contribution in [2.45, 2.75) is 52.9 Å². The Morgan fingerprint density at radius 3 is 2.50 bits per heavy atom. The third-order valence-electron chi connectivity index (χ3n) is 2.40. The molecule has 14 heavy (non-hydrogen) atoms. The van der Waals surface area contributed by atoms with Crippen molar-refractivity contribution in [1.82, 2.24) is 5.32 Å². The van der Waals surface area contributed by atoms with Crippen LogP contribution in [0.5, 0.6) is 0 Å². The van der Waals surface area contributed by atoms with Gasteiger partial charge in [0.2, 0.25) is 0 Å². The fourth-order valence-electron chi connectivity index (χ4n) is 1.54. The van der Waals surface area contributed by atoms with Gasteiger partial charge in [0.25, 0.3) is 0 Å². The van der Waals surface area contributed by atoms with Gasteiger partial charge in [-0.1, -0.05) is 45.8 Å². The average molecular weight is 197 g/mol. The van der Waals surface area contributed by atoms with Gasteiger partial charge < -0.3 is 5.32 Å². The summed E-state index contributed by atoms with van der Waals surface area (Å²) in [5, 5.41) is 3.40. The predicted octanol–water partition coefficient (Wildman–Crippen LogP) is 3.76. The van der Waals surface area contributed by atoms with Gasteiger partial charge in [0.05, 0.1) is 0 Å². The van der Waals surface area contributed by atoms with Gasteiger partial charge in [-0.15, -0.1) is 0 Å². The Kier molecular flexibility index (Phi) is 10.5. The second-order valence-electron chi connectivity index (χ2n) is 4.14. The van der Waals surface area contributed by atoms with E-state index in [4.69, 9.17) is 0 Å². The van der Waals surface area contributed by atoms with Crippen LogP contribution in [0.3, 0.4) is 0 Å². The molecule has 0 rings (SSSR count). The number of nitrogens with one attached hydrogen (secondary N) is 1. The Morgan fingerprint density at radius 2 is 1.86 bits per heavy atom. The van der Waals surface area contributed by atoms with Crippen molar-refractivity contribution in [3.8, 4) is 0 Å². The number of rotatable bonds is 9. The standard InChI is InChI=1S/C13H27N/c1-4-9-13(3)10-7-6-8-12-14-11-5-2/h6-7,13-14H,4-5,8-12H2,1-3H3. The second-order valence-corrected chi connectivity index (χ2v) is 4.14. The highest BCUT2D eigenvalue weighted by atomic mass is 14.8. The van der Waals surface area contributed by atoms with Crippen molar-refractivity contribution < 1.29 is 0 Å². The van der Waals surface area contributed by atoms with E-state index in [1.165, 1.54) is 32.1 Å². The maximum atomic E-state index is 3.40. The molecule has 0 fully saturated rings. The summed E-state index contributed by atoms with van der Waals surface area (Å²) >= 11 is 0. The fraction of sp³-hybridized carbons (Fsp3) is 0.846. The minimum Gasteiger partial charge on any atom is -0.316 e. The van der Waals surface area contributed by atoms with Crippen LogP contribution in [0, 0.1) is 5.92 Å². The van der Waals surface area contributed by atoms with Crippen LogP contribution in [-0.4, -0.2) is 13.1 Å². The Labute approximate surface area is 90.0 Å². The number of hydrogen-bond donors (Lipinski definition) is 1. The first kappa shape index (κ1) is 13.7. The summed E-state index contributed by atoms with van der Waals surface area (Å²) in [6.07, 6.45) is 11.0. The van der Waals surface area contributed by atoms with Crippen molar-refractivity contribution in [2.24, 2.45) is 5.92 Å². The monoisotopic (exact) mass is 197 g/mol. The summed E-state index contributed by atoms with van der Waals surface area (Å²) in [5.41, 5.74) is 0. The molecule has 0 aromatic carbocycles. The molecule has 0 aromatic rings. The SMILES string of the molecule is CCCNCCC=CCC(C)CCC. The summed E-state index contributed by atoms with van der Waals surface area (Å²) in [5.74, 6) is 0.861. The minimum atomic E-state index is 0.861. The number of hydrogen-bond acceptors (Lipinski definition) is 1. The zero-order chi connectivity index (χ0) is 10.6. The van der Waals surface area contributed by atoms with Crippen LogP contribution in [0.1, 0.15) is 52.9 Å². The molecule has 1 atom stereocenters. The zero-order valence-corrected chi connectivity index (χ0v) is 10.2. The summed E-state index contributed by atoms with van der Waals surface area (Å²) in [7, 11) is 0. The highest BCUT2D eigenvalue weighted by Gasteiger charge is 1.95. The van der Waals surface area contributed by atoms with E-state index in [-0.39, 0.29) is 0 Å². The van der Waals surface area contributed by atoms with Gasteiger partial charge in [-0.3, -0.25) is 0 Å². The van der Waals surface area contributed by atoms with Gasteiger partial charge >= 0.3 is 0 Å². The lowest BCUT2D eigenvalue weighted by molar-refractivity contribution is 0.531. The number of allylic oxidation sites excluding steroid dienone is 1. The third-order valence-corrected chi connectivity index (χ3v) is 2.40. The maximum Gasteiger partial charge on any atom is -0.00143 e. The molecule has 1 heteroatoms. The molecule has 0 bridgehead atoms. The van der Waals surface area contributed by atoms with Crippen LogP contribution in [0.2, 0.25) is 0 Å². The molecule has 0 saturated carbocycles. The lowest BCUT2D eigenvalue weighted by Crippen LogP contribution is -2.15. The topological polar surface area (TPSA) is 12.0 Å². The molecule has 0 aromatic heterocycles. The molecule has 0 saturated heterocycles. The van der Waals surface area contributed by atoms with Gasteiger partial charge in [-0.05, 0) is 38.3 Å². The highest BCUT2D eigenvalue weighted by Crippen LogP contribution is 2.10. The van der Waals surface area contributed by atoms with Crippen molar-refractivity contribution in [2.75, 3.05) is 13.1 Å². The summed E-state index contributed by atoms with van der Waals surface area (Å²) in [6, 6.07) is 0. The van der Waals surface area contributed by atoms with Crippen molar-refractivity contribution in [3.63, 3.8) is 0 Å². The largest absolute Gasteiger partial charge is 0.316 e. The highest BCUT2D eigenvalue weighted by molar-refractivity contribution is 4.83. The van der Waals surface area contributed by atoms with E-state index >= 15 is 0 Å². The van der Waals surface area contributed by atoms with Crippen LogP contribution in [-0.2, 0) is 0 Å². The molecule has 1 unspecified atom stereocenters. The van der Waals surface area contributed by atoms with Gasteiger partial charge in [0.15, 0.2) is 0 Å². The third kappa shape index (κ3) is 9.79. The Hall–Kier alpha value is -0.300. The van der Waals surface area contributed by atoms with Crippen LogP contribution in [0.15, 0.2) is 12.2 Å². The average Bonchev–Trinajstić information content (AvgIpc) is 2.17. The van der Waals surface area contributed by atoms with Crippen molar-refractivity contribution in [3.05, 3.63) is 12.2 Å². The second kappa shape index (κ2) is 10.8. The molecule has 0 spiro atoms. The zero-order valence-electron chi connectivity index (χ0n) is 10.2. The minimum absolute atomic E-state index is 0.861. The van der Waals surface area contributed by atoms with E-state index < -0.39 is 0 Å². The summed E-state index contributed by atoms with van der Waals surface area (Å²) in [6.45, 7) is 9.08.